The number of phenols is 1. The van der Waals surface area contributed by atoms with Crippen LogP contribution in [0.5, 0.6) is 5.75 Å². The molecule has 1 aromatic carbocycles. The number of amidine groups is 1. The summed E-state index contributed by atoms with van der Waals surface area (Å²) in [5, 5.41) is 36.0. The molecule has 0 spiro atoms. The van der Waals surface area contributed by atoms with Crippen LogP contribution < -0.4 is 5.43 Å². The lowest BCUT2D eigenvalue weighted by atomic mass is 10.1. The Bertz CT molecular complexity index is 1130. The van der Waals surface area contributed by atoms with Gasteiger partial charge in [-0.25, -0.2) is 9.98 Å². The van der Waals surface area contributed by atoms with Crippen LogP contribution in [-0.4, -0.2) is 37.0 Å². The monoisotopic (exact) mass is 407 g/mol. The molecule has 2 heterocycles. The van der Waals surface area contributed by atoms with Crippen molar-refractivity contribution in [3.8, 4) is 5.75 Å². The fourth-order valence-corrected chi connectivity index (χ4v) is 2.31. The molecule has 0 saturated carbocycles. The number of nitrogens with one attached hydrogen (secondary N) is 1. The van der Waals surface area contributed by atoms with E-state index < -0.39 is 27.0 Å². The van der Waals surface area contributed by atoms with E-state index in [1.807, 2.05) is 0 Å². The topological polar surface area (TPSA) is 169 Å². The van der Waals surface area contributed by atoms with Gasteiger partial charge in [0.2, 0.25) is 5.75 Å². The van der Waals surface area contributed by atoms with Gasteiger partial charge in [0.1, 0.15) is 5.69 Å². The van der Waals surface area contributed by atoms with Gasteiger partial charge in [0, 0.05) is 18.5 Å². The number of hydrogen-bond acceptors (Lipinski definition) is 9. The summed E-state index contributed by atoms with van der Waals surface area (Å²) < 4.78 is 0. The normalized spacial score (nSPS) is 11.4. The second kappa shape index (κ2) is 8.97. The van der Waals surface area contributed by atoms with Crippen molar-refractivity contribution in [3.63, 3.8) is 0 Å². The van der Waals surface area contributed by atoms with Gasteiger partial charge in [0.05, 0.1) is 27.7 Å². The molecule has 0 aliphatic heterocycles. The van der Waals surface area contributed by atoms with Crippen LogP contribution in [0.15, 0.2) is 71.0 Å². The van der Waals surface area contributed by atoms with Crippen LogP contribution in [0.4, 0.5) is 17.2 Å². The molecule has 150 valence electrons. The standard InChI is InChI=1S/C18H13N7O5/c26-17-12(9-13(24(27)28)10-15(17)25(29)30)11-21-23-18(14-5-1-3-7-19-14)22-16-6-2-4-8-20-16/h1-11,26H,(H,20,22,23)/b21-11-. The first-order chi connectivity index (χ1) is 14.5. The second-order valence-corrected chi connectivity index (χ2v) is 5.65. The Morgan fingerprint density at radius 2 is 1.77 bits per heavy atom. The van der Waals surface area contributed by atoms with E-state index in [4.69, 9.17) is 0 Å². The summed E-state index contributed by atoms with van der Waals surface area (Å²) in [5.74, 6) is -0.183. The van der Waals surface area contributed by atoms with Gasteiger partial charge in [-0.05, 0) is 24.3 Å². The molecule has 0 radical (unpaired) electrons. The van der Waals surface area contributed by atoms with Gasteiger partial charge in [-0.1, -0.05) is 12.1 Å². The van der Waals surface area contributed by atoms with Gasteiger partial charge < -0.3 is 5.11 Å². The average Bonchev–Trinajstić information content (AvgIpc) is 2.75. The molecule has 0 atom stereocenters. The number of non-ortho nitro benzene ring substituents is 1. The predicted octanol–water partition coefficient (Wildman–Crippen LogP) is 2.70. The third-order valence-corrected chi connectivity index (χ3v) is 3.67. The number of nitro benzene ring substituents is 2. The maximum absolute atomic E-state index is 11.0. The summed E-state index contributed by atoms with van der Waals surface area (Å²) in [6, 6.07) is 11.9. The first kappa shape index (κ1) is 20.0. The Balaban J connectivity index is 1.95. The van der Waals surface area contributed by atoms with Gasteiger partial charge in [-0.15, -0.1) is 0 Å². The van der Waals surface area contributed by atoms with Crippen molar-refractivity contribution in [1.82, 2.24) is 15.4 Å². The van der Waals surface area contributed by atoms with Crippen molar-refractivity contribution >= 4 is 29.2 Å². The van der Waals surface area contributed by atoms with E-state index in [1.165, 1.54) is 0 Å². The second-order valence-electron chi connectivity index (χ2n) is 5.65. The van der Waals surface area contributed by atoms with Gasteiger partial charge in [0.15, 0.2) is 11.7 Å². The minimum absolute atomic E-state index is 0.199. The molecule has 0 bridgehead atoms. The average molecular weight is 407 g/mol. The minimum Gasteiger partial charge on any atom is -0.502 e. The first-order valence-corrected chi connectivity index (χ1v) is 8.31. The molecule has 3 rings (SSSR count). The van der Waals surface area contributed by atoms with E-state index >= 15 is 0 Å². The fourth-order valence-electron chi connectivity index (χ4n) is 2.31. The number of phenolic OH excluding ortho intramolecular Hbond substituents is 1. The van der Waals surface area contributed by atoms with Crippen LogP contribution in [0.2, 0.25) is 0 Å². The lowest BCUT2D eigenvalue weighted by molar-refractivity contribution is -0.394. The Morgan fingerprint density at radius 1 is 1.03 bits per heavy atom. The number of hydrogen-bond donors (Lipinski definition) is 2. The van der Waals surface area contributed by atoms with Crippen molar-refractivity contribution in [1.29, 1.82) is 0 Å². The number of aromatic hydroxyl groups is 1. The van der Waals surface area contributed by atoms with Crippen LogP contribution in [0, 0.1) is 20.2 Å². The molecule has 12 heteroatoms. The van der Waals surface area contributed by atoms with Gasteiger partial charge in [-0.2, -0.15) is 5.10 Å². The quantitative estimate of drug-likeness (QED) is 0.272. The van der Waals surface area contributed by atoms with Crippen LogP contribution in [-0.2, 0) is 0 Å². The third-order valence-electron chi connectivity index (χ3n) is 3.67. The Labute approximate surface area is 168 Å². The maximum Gasteiger partial charge on any atom is 0.318 e. The SMILES string of the molecule is O=[N+]([O-])c1cc(/C=N\NC(=Nc2ccccn2)c2ccccn2)c(O)c([N+](=O)[O-])c1. The van der Waals surface area contributed by atoms with Crippen molar-refractivity contribution < 1.29 is 15.0 Å². The summed E-state index contributed by atoms with van der Waals surface area (Å²) in [6.07, 6.45) is 4.11. The Morgan fingerprint density at radius 3 is 2.37 bits per heavy atom. The minimum atomic E-state index is -0.922. The van der Waals surface area contributed by atoms with Gasteiger partial charge in [0.25, 0.3) is 5.69 Å². The van der Waals surface area contributed by atoms with E-state index in [0.717, 1.165) is 12.3 Å². The number of pyridine rings is 2. The van der Waals surface area contributed by atoms with Crippen LogP contribution >= 0.6 is 0 Å². The third kappa shape index (κ3) is 4.75. The summed E-state index contributed by atoms with van der Waals surface area (Å²) in [7, 11) is 0. The van der Waals surface area contributed by atoms with Crippen molar-refractivity contribution in [3.05, 3.63) is 92.4 Å². The predicted molar refractivity (Wildman–Crippen MR) is 107 cm³/mol. The van der Waals surface area contributed by atoms with E-state index in [9.17, 15) is 25.3 Å². The molecule has 0 aliphatic rings. The van der Waals surface area contributed by atoms with Crippen LogP contribution in [0.25, 0.3) is 0 Å². The highest BCUT2D eigenvalue weighted by atomic mass is 16.6. The number of aliphatic imine (C=N–C) groups is 1. The molecule has 2 aromatic heterocycles. The van der Waals surface area contributed by atoms with Crippen LogP contribution in [0.3, 0.4) is 0 Å². The largest absolute Gasteiger partial charge is 0.502 e. The smallest absolute Gasteiger partial charge is 0.318 e. The summed E-state index contributed by atoms with van der Waals surface area (Å²) in [4.78, 5) is 32.9. The Kier molecular flexibility index (Phi) is 5.98. The molecule has 0 amide bonds. The zero-order valence-corrected chi connectivity index (χ0v) is 15.1. The fraction of sp³-hybridized carbons (Fsp3) is 0. The first-order valence-electron chi connectivity index (χ1n) is 8.31. The highest BCUT2D eigenvalue weighted by molar-refractivity contribution is 5.99. The van der Waals surface area contributed by atoms with E-state index in [0.29, 0.717) is 17.6 Å². The maximum atomic E-state index is 11.0. The zero-order chi connectivity index (χ0) is 21.5. The van der Waals surface area contributed by atoms with Crippen molar-refractivity contribution in [2.75, 3.05) is 0 Å². The van der Waals surface area contributed by atoms with Gasteiger partial charge in [-0.3, -0.25) is 30.6 Å². The molecule has 0 aliphatic carbocycles. The van der Waals surface area contributed by atoms with Crippen LogP contribution in [0.1, 0.15) is 11.3 Å². The molecule has 12 nitrogen and oxygen atoms in total. The van der Waals surface area contributed by atoms with E-state index in [1.54, 1.807) is 48.8 Å². The summed E-state index contributed by atoms with van der Waals surface area (Å²) >= 11 is 0. The number of benzene rings is 1. The highest BCUT2D eigenvalue weighted by Gasteiger charge is 2.23. The number of rotatable bonds is 6. The van der Waals surface area contributed by atoms with Crippen molar-refractivity contribution in [2.45, 2.75) is 0 Å². The summed E-state index contributed by atoms with van der Waals surface area (Å²) in [6.45, 7) is 0. The molecular formula is C18H13N7O5. The number of aromatic nitrogens is 2. The molecular weight excluding hydrogens is 394 g/mol. The molecule has 0 fully saturated rings. The van der Waals surface area contributed by atoms with Crippen molar-refractivity contribution in [2.24, 2.45) is 10.1 Å². The highest BCUT2D eigenvalue weighted by Crippen LogP contribution is 2.33. The Hall–Kier alpha value is -4.74. The summed E-state index contributed by atoms with van der Waals surface area (Å²) in [5.41, 5.74) is 1.46. The number of hydrazone groups is 1. The number of nitrogens with zero attached hydrogens (tertiary/aromatic N) is 6. The van der Waals surface area contributed by atoms with Gasteiger partial charge >= 0.3 is 5.69 Å². The van der Waals surface area contributed by atoms with E-state index in [2.05, 4.69) is 25.5 Å². The molecule has 3 aromatic rings. The lowest BCUT2D eigenvalue weighted by Crippen LogP contribution is -2.20. The molecule has 0 unspecified atom stereocenters. The molecule has 0 saturated heterocycles. The van der Waals surface area contributed by atoms with E-state index in [-0.39, 0.29) is 11.4 Å². The lowest BCUT2D eigenvalue weighted by Gasteiger charge is -2.05. The molecule has 30 heavy (non-hydrogen) atoms. The number of nitro groups is 2. The zero-order valence-electron chi connectivity index (χ0n) is 15.1. The molecule has 2 N–H and O–H groups in total.